The van der Waals surface area contributed by atoms with Gasteiger partial charge in [0.05, 0.1) is 29.8 Å². The lowest BCUT2D eigenvalue weighted by Crippen LogP contribution is -2.46. The van der Waals surface area contributed by atoms with Gasteiger partial charge in [-0.3, -0.25) is 10.4 Å². The van der Waals surface area contributed by atoms with E-state index in [0.29, 0.717) is 6.04 Å². The average molecular weight is 379 g/mol. The molecule has 28 heavy (non-hydrogen) atoms. The maximum atomic E-state index is 4.60. The number of hydrogen-bond donors (Lipinski definition) is 3. The first-order valence-electron chi connectivity index (χ1n) is 10.2. The summed E-state index contributed by atoms with van der Waals surface area (Å²) >= 11 is 0. The molecular formula is C22H30N6. The monoisotopic (exact) mass is 378 g/mol. The number of nitrogens with one attached hydrogen (secondary N) is 3. The summed E-state index contributed by atoms with van der Waals surface area (Å²) < 4.78 is 0. The van der Waals surface area contributed by atoms with E-state index < -0.39 is 0 Å². The number of rotatable bonds is 6. The summed E-state index contributed by atoms with van der Waals surface area (Å²) in [6.07, 6.45) is 18.0. The molecule has 0 aromatic carbocycles. The summed E-state index contributed by atoms with van der Waals surface area (Å²) in [5.74, 6) is 0. The summed E-state index contributed by atoms with van der Waals surface area (Å²) in [6.45, 7) is 8.88. The number of hydrogen-bond acceptors (Lipinski definition) is 6. The highest BCUT2D eigenvalue weighted by molar-refractivity contribution is 6.12. The molecule has 2 fully saturated rings. The van der Waals surface area contributed by atoms with Crippen LogP contribution < -0.4 is 16.1 Å². The lowest BCUT2D eigenvalue weighted by Gasteiger charge is -2.34. The zero-order valence-corrected chi connectivity index (χ0v) is 16.8. The van der Waals surface area contributed by atoms with Gasteiger partial charge in [-0.05, 0) is 36.6 Å². The van der Waals surface area contributed by atoms with E-state index >= 15 is 0 Å². The van der Waals surface area contributed by atoms with Gasteiger partial charge >= 0.3 is 0 Å². The molecule has 0 radical (unpaired) electrons. The van der Waals surface area contributed by atoms with Crippen molar-refractivity contribution in [2.24, 2.45) is 4.99 Å². The third-order valence-electron chi connectivity index (χ3n) is 5.36. The summed E-state index contributed by atoms with van der Waals surface area (Å²) in [6, 6.07) is 0.560. The Morgan fingerprint density at radius 3 is 3.04 bits per heavy atom. The number of dihydropyridines is 1. The first-order chi connectivity index (χ1) is 13.8. The normalized spacial score (nSPS) is 29.4. The molecule has 148 valence electrons. The van der Waals surface area contributed by atoms with E-state index in [1.165, 1.54) is 16.8 Å². The zero-order chi connectivity index (χ0) is 19.3. The molecule has 6 nitrogen and oxygen atoms in total. The maximum absolute atomic E-state index is 4.60. The molecule has 3 N–H and O–H groups in total. The Bertz CT molecular complexity index is 811. The summed E-state index contributed by atoms with van der Waals surface area (Å²) in [7, 11) is 0. The fraction of sp³-hybridized carbons (Fsp3) is 0.409. The van der Waals surface area contributed by atoms with Gasteiger partial charge < -0.3 is 15.5 Å². The summed E-state index contributed by atoms with van der Waals surface area (Å²) in [5.41, 5.74) is 9.35. The van der Waals surface area contributed by atoms with Crippen molar-refractivity contribution in [1.82, 2.24) is 26.0 Å². The van der Waals surface area contributed by atoms with Crippen LogP contribution in [0.3, 0.4) is 0 Å². The Labute approximate surface area is 167 Å². The van der Waals surface area contributed by atoms with Gasteiger partial charge in [-0.2, -0.15) is 0 Å². The van der Waals surface area contributed by atoms with Crippen LogP contribution in [0.25, 0.3) is 0 Å². The predicted molar refractivity (Wildman–Crippen MR) is 115 cm³/mol. The highest BCUT2D eigenvalue weighted by Gasteiger charge is 2.38. The van der Waals surface area contributed by atoms with Crippen molar-refractivity contribution < 1.29 is 0 Å². The van der Waals surface area contributed by atoms with Crippen LogP contribution in [0.4, 0.5) is 0 Å². The Kier molecular flexibility index (Phi) is 5.78. The highest BCUT2D eigenvalue weighted by atomic mass is 15.6. The van der Waals surface area contributed by atoms with Crippen molar-refractivity contribution in [2.45, 2.75) is 26.3 Å². The number of nitrogens with zero attached hydrogens (tertiary/aromatic N) is 3. The summed E-state index contributed by atoms with van der Waals surface area (Å²) in [4.78, 5) is 7.11. The van der Waals surface area contributed by atoms with Gasteiger partial charge in [0.15, 0.2) is 0 Å². The molecule has 6 heteroatoms. The van der Waals surface area contributed by atoms with E-state index in [-0.39, 0.29) is 0 Å². The minimum atomic E-state index is 0.560. The molecule has 2 bridgehead atoms. The van der Waals surface area contributed by atoms with Gasteiger partial charge in [0.25, 0.3) is 0 Å². The van der Waals surface area contributed by atoms with E-state index in [0.717, 1.165) is 50.7 Å². The smallest absolute Gasteiger partial charge is 0.0845 e. The fourth-order valence-electron chi connectivity index (χ4n) is 3.98. The Morgan fingerprint density at radius 2 is 2.29 bits per heavy atom. The molecule has 0 amide bonds. The minimum absolute atomic E-state index is 0.560. The van der Waals surface area contributed by atoms with Crippen molar-refractivity contribution in [3.63, 3.8) is 0 Å². The van der Waals surface area contributed by atoms with Gasteiger partial charge in [0.2, 0.25) is 0 Å². The second-order valence-electron chi connectivity index (χ2n) is 7.38. The van der Waals surface area contributed by atoms with Crippen LogP contribution in [0.5, 0.6) is 0 Å². The van der Waals surface area contributed by atoms with Crippen LogP contribution in [-0.4, -0.2) is 54.5 Å². The Morgan fingerprint density at radius 1 is 1.36 bits per heavy atom. The van der Waals surface area contributed by atoms with Crippen LogP contribution in [-0.2, 0) is 0 Å². The Hall–Kier alpha value is -2.57. The first-order valence-corrected chi connectivity index (χ1v) is 10.2. The van der Waals surface area contributed by atoms with Gasteiger partial charge in [-0.1, -0.05) is 31.2 Å². The fourth-order valence-corrected chi connectivity index (χ4v) is 3.98. The lowest BCUT2D eigenvalue weighted by atomic mass is 9.99. The van der Waals surface area contributed by atoms with Crippen molar-refractivity contribution in [1.29, 1.82) is 0 Å². The van der Waals surface area contributed by atoms with E-state index in [2.05, 4.69) is 74.5 Å². The van der Waals surface area contributed by atoms with Crippen LogP contribution in [0.1, 0.15) is 20.3 Å². The van der Waals surface area contributed by atoms with E-state index in [4.69, 9.17) is 0 Å². The molecule has 0 aromatic rings. The predicted octanol–water partition coefficient (Wildman–Crippen LogP) is 2.17. The quantitative estimate of drug-likeness (QED) is 0.661. The van der Waals surface area contributed by atoms with Crippen LogP contribution in [0.15, 0.2) is 76.4 Å². The van der Waals surface area contributed by atoms with Crippen LogP contribution >= 0.6 is 0 Å². The van der Waals surface area contributed by atoms with Crippen molar-refractivity contribution in [3.8, 4) is 0 Å². The third kappa shape index (κ3) is 3.98. The SMILES string of the molecule is C\C=C/N=C1\C=C(CNC2=CNCC=C2N2CN3CC2CN3)C=C\C1=C/CC. The molecule has 2 unspecified atom stereocenters. The van der Waals surface area contributed by atoms with Crippen LogP contribution in [0, 0.1) is 0 Å². The maximum Gasteiger partial charge on any atom is 0.0845 e. The molecule has 4 rings (SSSR count). The minimum Gasteiger partial charge on any atom is -0.386 e. The number of aliphatic imine (C=N–C) groups is 1. The van der Waals surface area contributed by atoms with Crippen molar-refractivity contribution in [3.05, 3.63) is 71.4 Å². The third-order valence-corrected chi connectivity index (χ3v) is 5.36. The van der Waals surface area contributed by atoms with Gasteiger partial charge in [-0.15, -0.1) is 0 Å². The lowest BCUT2D eigenvalue weighted by molar-refractivity contribution is 0.168. The van der Waals surface area contributed by atoms with Gasteiger partial charge in [-0.25, -0.2) is 5.01 Å². The summed E-state index contributed by atoms with van der Waals surface area (Å²) in [5, 5.41) is 9.28. The zero-order valence-electron chi connectivity index (χ0n) is 16.8. The standard InChI is InChI=1S/C22H30N6/c1-3-5-18-7-6-17(11-20(18)24-9-4-2)12-25-21-14-23-10-8-22(21)28-16-27-15-19(28)13-26-27/h4-9,11,14,19,23,25-26H,3,10,12-13,15-16H2,1-2H3/b9-4-,18-5+,24-20+. The largest absolute Gasteiger partial charge is 0.386 e. The first kappa shape index (κ1) is 18.8. The molecule has 3 heterocycles. The van der Waals surface area contributed by atoms with E-state index in [1.807, 2.05) is 19.2 Å². The molecule has 2 saturated heterocycles. The van der Waals surface area contributed by atoms with Crippen molar-refractivity contribution >= 4 is 5.71 Å². The second-order valence-corrected chi connectivity index (χ2v) is 7.38. The van der Waals surface area contributed by atoms with E-state index in [1.54, 1.807) is 0 Å². The van der Waals surface area contributed by atoms with Crippen molar-refractivity contribution in [2.75, 3.05) is 32.8 Å². The Balaban J connectivity index is 1.44. The topological polar surface area (TPSA) is 54.9 Å². The molecule has 0 aromatic heterocycles. The number of allylic oxidation sites excluding steroid dienone is 5. The van der Waals surface area contributed by atoms with Gasteiger partial charge in [0, 0.05) is 38.6 Å². The molecule has 1 aliphatic carbocycles. The molecular weight excluding hydrogens is 348 g/mol. The number of hydrazine groups is 1. The molecule has 4 aliphatic rings. The van der Waals surface area contributed by atoms with E-state index in [9.17, 15) is 0 Å². The molecule has 3 aliphatic heterocycles. The van der Waals surface area contributed by atoms with Gasteiger partial charge in [0.1, 0.15) is 0 Å². The molecule has 0 spiro atoms. The van der Waals surface area contributed by atoms with Crippen LogP contribution in [0.2, 0.25) is 0 Å². The number of fused-ring (bicyclic) bond motifs is 2. The highest BCUT2D eigenvalue weighted by Crippen LogP contribution is 2.26. The molecule has 2 atom stereocenters. The second kappa shape index (κ2) is 8.63. The molecule has 0 saturated carbocycles. The average Bonchev–Trinajstić information content (AvgIpc) is 3.36.